The summed E-state index contributed by atoms with van der Waals surface area (Å²) in [5.41, 5.74) is 0.687. The van der Waals surface area contributed by atoms with E-state index in [0.717, 1.165) is 24.8 Å². The van der Waals surface area contributed by atoms with Crippen LogP contribution in [0.3, 0.4) is 0 Å². The molecule has 1 heterocycles. The topological polar surface area (TPSA) is 84.5 Å². The molecule has 3 amide bonds. The molecule has 1 rings (SSSR count). The third-order valence-electron chi connectivity index (χ3n) is 3.03. The Morgan fingerprint density at radius 1 is 1.21 bits per heavy atom. The number of ether oxygens (including phenoxy) is 1. The molecule has 24 heavy (non-hydrogen) atoms. The number of amides is 3. The van der Waals surface area contributed by atoms with Crippen molar-refractivity contribution >= 4 is 29.2 Å². The van der Waals surface area contributed by atoms with Crippen molar-refractivity contribution in [3.8, 4) is 0 Å². The van der Waals surface area contributed by atoms with E-state index in [0.29, 0.717) is 4.88 Å². The molecule has 0 saturated carbocycles. The Morgan fingerprint density at radius 2 is 1.88 bits per heavy atom. The van der Waals surface area contributed by atoms with Crippen LogP contribution in [0.1, 0.15) is 61.2 Å². The van der Waals surface area contributed by atoms with E-state index in [9.17, 15) is 14.4 Å². The summed E-state index contributed by atoms with van der Waals surface area (Å²) in [6, 6.07) is 1.21. The largest absolute Gasteiger partial charge is 0.451 e. The number of thiophene rings is 1. The summed E-state index contributed by atoms with van der Waals surface area (Å²) in [7, 11) is 0. The predicted octanol–water partition coefficient (Wildman–Crippen LogP) is 3.04. The van der Waals surface area contributed by atoms with Gasteiger partial charge in [0.25, 0.3) is 5.91 Å². The molecule has 0 fully saturated rings. The normalized spacial score (nSPS) is 11.0. The van der Waals surface area contributed by atoms with Gasteiger partial charge in [-0.3, -0.25) is 10.1 Å². The zero-order valence-corrected chi connectivity index (χ0v) is 15.8. The quantitative estimate of drug-likeness (QED) is 0.769. The molecule has 1 aromatic heterocycles. The molecule has 0 aliphatic rings. The van der Waals surface area contributed by atoms with E-state index >= 15 is 0 Å². The summed E-state index contributed by atoms with van der Waals surface area (Å²) in [5.74, 6) is -1.20. The summed E-state index contributed by atoms with van der Waals surface area (Å²) >= 11 is 1.40. The number of urea groups is 1. The minimum Gasteiger partial charge on any atom is -0.451 e. The van der Waals surface area contributed by atoms with Gasteiger partial charge in [0, 0.05) is 10.4 Å². The molecule has 0 atom stereocenters. The van der Waals surface area contributed by atoms with Gasteiger partial charge in [-0.2, -0.15) is 0 Å². The Kier molecular flexibility index (Phi) is 7.41. The second kappa shape index (κ2) is 8.82. The third kappa shape index (κ3) is 6.70. The van der Waals surface area contributed by atoms with Gasteiger partial charge in [-0.1, -0.05) is 20.3 Å². The molecular weight excluding hydrogens is 328 g/mol. The van der Waals surface area contributed by atoms with Crippen LogP contribution >= 0.6 is 11.3 Å². The Bertz CT molecular complexity index is 602. The van der Waals surface area contributed by atoms with Crippen molar-refractivity contribution in [1.82, 2.24) is 10.6 Å². The first-order chi connectivity index (χ1) is 11.2. The summed E-state index contributed by atoms with van der Waals surface area (Å²) in [6.07, 6.45) is 2.79. The molecule has 2 N–H and O–H groups in total. The highest BCUT2D eigenvalue weighted by atomic mass is 32.1. The maximum Gasteiger partial charge on any atom is 0.348 e. The van der Waals surface area contributed by atoms with E-state index in [1.807, 2.05) is 13.0 Å². The zero-order chi connectivity index (χ0) is 18.3. The van der Waals surface area contributed by atoms with Gasteiger partial charge in [-0.15, -0.1) is 11.3 Å². The third-order valence-corrected chi connectivity index (χ3v) is 4.25. The first kappa shape index (κ1) is 20.2. The van der Waals surface area contributed by atoms with E-state index in [2.05, 4.69) is 17.6 Å². The lowest BCUT2D eigenvalue weighted by molar-refractivity contribution is -0.123. The highest BCUT2D eigenvalue weighted by molar-refractivity contribution is 7.14. The molecule has 1 aromatic rings. The van der Waals surface area contributed by atoms with Crippen LogP contribution in [0.25, 0.3) is 0 Å². The standard InChI is InChI=1S/C17H26N2O4S/c1-6-8-12-11(7-2)9-13(24-12)15(21)23-10-14(20)18-16(22)19-17(3,4)5/h9H,6-8,10H2,1-5H3,(H2,18,19,20,22). The lowest BCUT2D eigenvalue weighted by atomic mass is 10.1. The van der Waals surface area contributed by atoms with Crippen molar-refractivity contribution in [1.29, 1.82) is 0 Å². The number of hydrogen-bond acceptors (Lipinski definition) is 5. The average Bonchev–Trinajstić information content (AvgIpc) is 2.86. The number of carbonyl (C=O) groups excluding carboxylic acids is 3. The van der Waals surface area contributed by atoms with Crippen molar-refractivity contribution in [2.24, 2.45) is 0 Å². The Labute approximate surface area is 147 Å². The monoisotopic (exact) mass is 354 g/mol. The smallest absolute Gasteiger partial charge is 0.348 e. The second-order valence-corrected chi connectivity index (χ2v) is 7.63. The summed E-state index contributed by atoms with van der Waals surface area (Å²) in [5, 5.41) is 4.72. The van der Waals surface area contributed by atoms with Gasteiger partial charge in [0.2, 0.25) is 0 Å². The SMILES string of the molecule is CCCc1sc(C(=O)OCC(=O)NC(=O)NC(C)(C)C)cc1CC. The van der Waals surface area contributed by atoms with Crippen LogP contribution in [0.5, 0.6) is 0 Å². The first-order valence-electron chi connectivity index (χ1n) is 8.07. The lowest BCUT2D eigenvalue weighted by Crippen LogP contribution is -2.49. The number of rotatable bonds is 6. The van der Waals surface area contributed by atoms with Crippen molar-refractivity contribution in [2.45, 2.75) is 59.4 Å². The van der Waals surface area contributed by atoms with Crippen molar-refractivity contribution in [3.63, 3.8) is 0 Å². The van der Waals surface area contributed by atoms with Gasteiger partial charge in [0.1, 0.15) is 4.88 Å². The molecule has 0 unspecified atom stereocenters. The molecule has 6 nitrogen and oxygen atoms in total. The maximum atomic E-state index is 12.1. The van der Waals surface area contributed by atoms with Gasteiger partial charge in [-0.25, -0.2) is 9.59 Å². The molecule has 0 aliphatic heterocycles. The van der Waals surface area contributed by atoms with Crippen LogP contribution in [0.2, 0.25) is 0 Å². The summed E-state index contributed by atoms with van der Waals surface area (Å²) in [6.45, 7) is 9.04. The Hall–Kier alpha value is -1.89. The highest BCUT2D eigenvalue weighted by Gasteiger charge is 2.18. The molecular formula is C17H26N2O4S. The molecule has 0 aliphatic carbocycles. The van der Waals surface area contributed by atoms with E-state index in [1.54, 1.807) is 20.8 Å². The lowest BCUT2D eigenvalue weighted by Gasteiger charge is -2.20. The average molecular weight is 354 g/mol. The molecule has 134 valence electrons. The van der Waals surface area contributed by atoms with E-state index in [-0.39, 0.29) is 0 Å². The molecule has 7 heteroatoms. The van der Waals surface area contributed by atoms with Crippen molar-refractivity contribution < 1.29 is 19.1 Å². The molecule has 0 bridgehead atoms. The molecule has 0 radical (unpaired) electrons. The number of hydrogen-bond donors (Lipinski definition) is 2. The van der Waals surface area contributed by atoms with Crippen LogP contribution in [0.4, 0.5) is 4.79 Å². The van der Waals surface area contributed by atoms with Crippen molar-refractivity contribution in [2.75, 3.05) is 6.61 Å². The van der Waals surface area contributed by atoms with Crippen LogP contribution < -0.4 is 10.6 Å². The van der Waals surface area contributed by atoms with Gasteiger partial charge in [-0.05, 0) is 45.2 Å². The minimum absolute atomic E-state index is 0.454. The Morgan fingerprint density at radius 3 is 2.42 bits per heavy atom. The molecule has 0 saturated heterocycles. The van der Waals surface area contributed by atoms with Crippen LogP contribution in [0, 0.1) is 0 Å². The van der Waals surface area contributed by atoms with Crippen LogP contribution in [0.15, 0.2) is 6.07 Å². The predicted molar refractivity (Wildman–Crippen MR) is 94.4 cm³/mol. The first-order valence-corrected chi connectivity index (χ1v) is 8.88. The van der Waals surface area contributed by atoms with E-state index in [1.165, 1.54) is 16.2 Å². The van der Waals surface area contributed by atoms with Gasteiger partial charge in [0.15, 0.2) is 6.61 Å². The van der Waals surface area contributed by atoms with Crippen LogP contribution in [-0.2, 0) is 22.4 Å². The zero-order valence-electron chi connectivity index (χ0n) is 14.9. The fourth-order valence-electron chi connectivity index (χ4n) is 2.04. The number of nitrogens with one attached hydrogen (secondary N) is 2. The van der Waals surface area contributed by atoms with Crippen molar-refractivity contribution in [3.05, 3.63) is 21.4 Å². The maximum absolute atomic E-state index is 12.1. The number of aryl methyl sites for hydroxylation is 2. The van der Waals surface area contributed by atoms with Crippen LogP contribution in [-0.4, -0.2) is 30.1 Å². The fourth-order valence-corrected chi connectivity index (χ4v) is 3.29. The highest BCUT2D eigenvalue weighted by Crippen LogP contribution is 2.25. The Balaban J connectivity index is 2.54. The number of esters is 1. The van der Waals surface area contributed by atoms with Gasteiger partial charge < -0.3 is 10.1 Å². The number of carbonyl (C=O) groups is 3. The van der Waals surface area contributed by atoms with Gasteiger partial charge >= 0.3 is 12.0 Å². The molecule has 0 aromatic carbocycles. The van der Waals surface area contributed by atoms with E-state index in [4.69, 9.17) is 4.74 Å². The summed E-state index contributed by atoms with van der Waals surface area (Å²) in [4.78, 5) is 36.9. The van der Waals surface area contributed by atoms with Gasteiger partial charge in [0.05, 0.1) is 0 Å². The summed E-state index contributed by atoms with van der Waals surface area (Å²) < 4.78 is 4.99. The second-order valence-electron chi connectivity index (χ2n) is 6.49. The molecule has 0 spiro atoms. The number of imide groups is 1. The minimum atomic E-state index is -0.661. The van der Waals surface area contributed by atoms with E-state index < -0.39 is 30.1 Å². The fraction of sp³-hybridized carbons (Fsp3) is 0.588.